The Kier molecular flexibility index (Phi) is 1.96. The van der Waals surface area contributed by atoms with Crippen LogP contribution in [0.15, 0.2) is 0 Å². The number of hydrogen-bond acceptors (Lipinski definition) is 2. The predicted octanol–water partition coefficient (Wildman–Crippen LogP) is 1.84. The molecule has 1 N–H and O–H groups in total. The van der Waals surface area contributed by atoms with Crippen molar-refractivity contribution in [2.24, 2.45) is 0 Å². The summed E-state index contributed by atoms with van der Waals surface area (Å²) in [6.07, 6.45) is -10.3. The monoisotopic (exact) mass is 205 g/mol. The lowest BCUT2D eigenvalue weighted by atomic mass is 10.3. The van der Waals surface area contributed by atoms with Crippen LogP contribution >= 0.6 is 0 Å². The molecule has 1 aromatic heterocycles. The molecule has 0 aliphatic rings. The number of nitrogens with zero attached hydrogens (tertiary/aromatic N) is 2. The van der Waals surface area contributed by atoms with Gasteiger partial charge in [-0.05, 0) is 0 Å². The molecule has 1 heterocycles. The Bertz CT molecular complexity index is 267. The molecule has 0 aromatic carbocycles. The fraction of sp³-hybridized carbons (Fsp3) is 0.500. The van der Waals surface area contributed by atoms with Crippen LogP contribution < -0.4 is 0 Å². The van der Waals surface area contributed by atoms with Crippen LogP contribution in [0.3, 0.4) is 0 Å². The number of aromatic amines is 1. The Morgan fingerprint density at radius 2 is 1.08 bits per heavy atom. The molecular formula is C4HF6N3. The van der Waals surface area contributed by atoms with Gasteiger partial charge in [-0.25, -0.2) is 0 Å². The van der Waals surface area contributed by atoms with E-state index in [1.165, 1.54) is 5.21 Å². The van der Waals surface area contributed by atoms with Crippen LogP contribution in [0.2, 0.25) is 0 Å². The van der Waals surface area contributed by atoms with Crippen molar-refractivity contribution in [1.82, 2.24) is 15.4 Å². The van der Waals surface area contributed by atoms with Gasteiger partial charge in [-0.1, -0.05) is 0 Å². The second-order valence-electron chi connectivity index (χ2n) is 2.02. The van der Waals surface area contributed by atoms with E-state index in [0.717, 1.165) is 0 Å². The topological polar surface area (TPSA) is 41.6 Å². The molecule has 1 aromatic rings. The molecule has 0 saturated carbocycles. The van der Waals surface area contributed by atoms with Crippen molar-refractivity contribution in [2.75, 3.05) is 0 Å². The molecule has 1 rings (SSSR count). The van der Waals surface area contributed by atoms with Gasteiger partial charge in [-0.15, -0.1) is 0 Å². The van der Waals surface area contributed by atoms with Gasteiger partial charge in [0.1, 0.15) is 0 Å². The highest BCUT2D eigenvalue weighted by Crippen LogP contribution is 2.37. The van der Waals surface area contributed by atoms with E-state index < -0.39 is 23.7 Å². The third-order valence-electron chi connectivity index (χ3n) is 1.08. The average Bonchev–Trinajstić information content (AvgIpc) is 2.27. The highest BCUT2D eigenvalue weighted by Gasteiger charge is 2.47. The largest absolute Gasteiger partial charge is 0.437 e. The van der Waals surface area contributed by atoms with E-state index in [2.05, 4.69) is 10.2 Å². The second kappa shape index (κ2) is 2.60. The van der Waals surface area contributed by atoms with Gasteiger partial charge in [0.25, 0.3) is 0 Å². The van der Waals surface area contributed by atoms with Gasteiger partial charge in [-0.2, -0.15) is 41.8 Å². The zero-order valence-electron chi connectivity index (χ0n) is 5.66. The Balaban J connectivity index is 3.19. The van der Waals surface area contributed by atoms with Crippen molar-refractivity contribution in [1.29, 1.82) is 0 Å². The maximum Gasteiger partial charge on any atom is 0.437 e. The number of aromatic nitrogens is 3. The highest BCUT2D eigenvalue weighted by atomic mass is 19.4. The zero-order valence-corrected chi connectivity index (χ0v) is 5.66. The fourth-order valence-electron chi connectivity index (χ4n) is 0.626. The number of nitrogens with one attached hydrogen (secondary N) is 1. The van der Waals surface area contributed by atoms with Gasteiger partial charge in [0.05, 0.1) is 0 Å². The molecule has 9 heteroatoms. The van der Waals surface area contributed by atoms with E-state index >= 15 is 0 Å². The van der Waals surface area contributed by atoms with Crippen LogP contribution in [-0.4, -0.2) is 15.4 Å². The Morgan fingerprint density at radius 3 is 1.31 bits per heavy atom. The van der Waals surface area contributed by atoms with Gasteiger partial charge in [0, 0.05) is 0 Å². The molecule has 0 atom stereocenters. The standard InChI is InChI=1S/C4HF6N3/c5-3(6,7)1-2(4(8,9)10)12-13-11-1/h(H,11,12,13). The van der Waals surface area contributed by atoms with Crippen molar-refractivity contribution < 1.29 is 26.3 Å². The summed E-state index contributed by atoms with van der Waals surface area (Å²) in [6.45, 7) is 0. The lowest BCUT2D eigenvalue weighted by Gasteiger charge is -2.06. The Labute approximate surface area is 66.7 Å². The van der Waals surface area contributed by atoms with E-state index in [0.29, 0.717) is 0 Å². The number of halogens is 6. The first-order valence-corrected chi connectivity index (χ1v) is 2.78. The van der Waals surface area contributed by atoms with E-state index in [-0.39, 0.29) is 0 Å². The van der Waals surface area contributed by atoms with Crippen molar-refractivity contribution in [3.8, 4) is 0 Å². The maximum atomic E-state index is 11.8. The van der Waals surface area contributed by atoms with Crippen LogP contribution in [0.1, 0.15) is 11.4 Å². The average molecular weight is 205 g/mol. The minimum atomic E-state index is -5.15. The highest BCUT2D eigenvalue weighted by molar-refractivity contribution is 5.15. The summed E-state index contributed by atoms with van der Waals surface area (Å²) in [7, 11) is 0. The molecule has 0 spiro atoms. The molecule has 3 nitrogen and oxygen atoms in total. The summed E-state index contributed by atoms with van der Waals surface area (Å²) in [4.78, 5) is 0. The molecule has 0 amide bonds. The van der Waals surface area contributed by atoms with E-state index in [9.17, 15) is 26.3 Å². The molecule has 0 aliphatic carbocycles. The molecule has 0 bridgehead atoms. The fourth-order valence-corrected chi connectivity index (χ4v) is 0.626. The number of H-pyrrole nitrogens is 1. The molecule has 0 saturated heterocycles. The predicted molar refractivity (Wildman–Crippen MR) is 26.4 cm³/mol. The molecule has 0 fully saturated rings. The van der Waals surface area contributed by atoms with Gasteiger partial charge in [0.15, 0.2) is 11.4 Å². The molecular weight excluding hydrogens is 204 g/mol. The molecule has 0 radical (unpaired) electrons. The Morgan fingerprint density at radius 1 is 0.769 bits per heavy atom. The van der Waals surface area contributed by atoms with Gasteiger partial charge >= 0.3 is 12.4 Å². The van der Waals surface area contributed by atoms with Gasteiger partial charge < -0.3 is 0 Å². The summed E-state index contributed by atoms with van der Waals surface area (Å²) in [5, 5.41) is 6.02. The quantitative estimate of drug-likeness (QED) is 0.656. The van der Waals surface area contributed by atoms with Crippen LogP contribution in [0.25, 0.3) is 0 Å². The first-order valence-electron chi connectivity index (χ1n) is 2.78. The van der Waals surface area contributed by atoms with E-state index in [4.69, 9.17) is 0 Å². The van der Waals surface area contributed by atoms with Crippen LogP contribution in [0.4, 0.5) is 26.3 Å². The molecule has 13 heavy (non-hydrogen) atoms. The SMILES string of the molecule is FC(F)(F)c1n[nH]nc1C(F)(F)F. The van der Waals surface area contributed by atoms with Gasteiger partial charge in [-0.3, -0.25) is 0 Å². The Hall–Kier alpha value is -1.28. The third kappa shape index (κ3) is 1.90. The normalized spacial score (nSPS) is 13.4. The van der Waals surface area contributed by atoms with Gasteiger partial charge in [0.2, 0.25) is 0 Å². The summed E-state index contributed by atoms with van der Waals surface area (Å²) < 4.78 is 70.7. The van der Waals surface area contributed by atoms with Crippen LogP contribution in [0, 0.1) is 0 Å². The lowest BCUT2D eigenvalue weighted by molar-refractivity contribution is -0.165. The molecule has 0 unspecified atom stereocenters. The number of alkyl halides is 6. The molecule has 0 aliphatic heterocycles. The minimum Gasteiger partial charge on any atom is -0.197 e. The third-order valence-corrected chi connectivity index (χ3v) is 1.08. The van der Waals surface area contributed by atoms with E-state index in [1.807, 2.05) is 0 Å². The van der Waals surface area contributed by atoms with Crippen LogP contribution in [-0.2, 0) is 12.4 Å². The zero-order chi connectivity index (χ0) is 10.3. The van der Waals surface area contributed by atoms with Crippen molar-refractivity contribution in [3.63, 3.8) is 0 Å². The maximum absolute atomic E-state index is 11.8. The summed E-state index contributed by atoms with van der Waals surface area (Å²) in [5.74, 6) is 0. The van der Waals surface area contributed by atoms with Crippen molar-refractivity contribution in [3.05, 3.63) is 11.4 Å². The minimum absolute atomic E-state index is 1.27. The second-order valence-corrected chi connectivity index (χ2v) is 2.02. The smallest absolute Gasteiger partial charge is 0.197 e. The summed E-state index contributed by atoms with van der Waals surface area (Å²) >= 11 is 0. The van der Waals surface area contributed by atoms with Crippen molar-refractivity contribution in [2.45, 2.75) is 12.4 Å². The summed E-state index contributed by atoms with van der Waals surface area (Å²) in [6, 6.07) is 0. The number of hydrogen-bond donors (Lipinski definition) is 1. The summed E-state index contributed by atoms with van der Waals surface area (Å²) in [5.41, 5.74) is -4.11. The number of rotatable bonds is 0. The first kappa shape index (κ1) is 9.81. The van der Waals surface area contributed by atoms with Crippen molar-refractivity contribution >= 4 is 0 Å². The van der Waals surface area contributed by atoms with Crippen LogP contribution in [0.5, 0.6) is 0 Å². The van der Waals surface area contributed by atoms with E-state index in [1.54, 1.807) is 0 Å². The molecule has 74 valence electrons. The first-order chi connectivity index (χ1) is 5.73. The lowest BCUT2D eigenvalue weighted by Crippen LogP contribution is -2.16.